The van der Waals surface area contributed by atoms with Crippen LogP contribution in [0.2, 0.25) is 5.15 Å². The molecule has 0 aliphatic carbocycles. The van der Waals surface area contributed by atoms with E-state index in [9.17, 15) is 0 Å². The number of benzene rings is 1. The van der Waals surface area contributed by atoms with Crippen LogP contribution in [0.5, 0.6) is 0 Å². The number of fused-ring (bicyclic) bond motifs is 2. The van der Waals surface area contributed by atoms with Crippen LogP contribution >= 0.6 is 34.3 Å². The second-order valence-electron chi connectivity index (χ2n) is 6.32. The first-order valence-electron chi connectivity index (χ1n) is 8.50. The predicted molar refractivity (Wildman–Crippen MR) is 119 cm³/mol. The Hall–Kier alpha value is -2.27. The highest BCUT2D eigenvalue weighted by Gasteiger charge is 2.07. The van der Waals surface area contributed by atoms with Gasteiger partial charge in [-0.3, -0.25) is 4.98 Å². The summed E-state index contributed by atoms with van der Waals surface area (Å²) >= 11 is 9.18. The minimum absolute atomic E-state index is 0.604. The molecule has 1 aromatic carbocycles. The standard InChI is InChI=1S/C15H13NS.C7H4ClNS/c1-10-7-11(2)9-13(8-10)14-15-12(3-5-16-14)4-6-17-15;8-7-6-5(1-3-9-7)2-4-10-6/h3-9H,1-2H3;1-4H. The molecule has 5 heteroatoms. The Bertz CT molecular complexity index is 1200. The number of aromatic nitrogens is 2. The van der Waals surface area contributed by atoms with Crippen molar-refractivity contribution in [2.24, 2.45) is 0 Å². The zero-order valence-corrected chi connectivity index (χ0v) is 17.3. The van der Waals surface area contributed by atoms with Crippen LogP contribution in [-0.2, 0) is 0 Å². The molecule has 0 radical (unpaired) electrons. The van der Waals surface area contributed by atoms with Gasteiger partial charge in [-0.1, -0.05) is 28.8 Å². The quantitative estimate of drug-likeness (QED) is 0.268. The molecule has 5 rings (SSSR count). The van der Waals surface area contributed by atoms with Crippen molar-refractivity contribution in [2.75, 3.05) is 0 Å². The maximum absolute atomic E-state index is 5.80. The number of halogens is 1. The fourth-order valence-electron chi connectivity index (χ4n) is 3.07. The van der Waals surface area contributed by atoms with Gasteiger partial charge in [0, 0.05) is 18.0 Å². The minimum atomic E-state index is 0.604. The number of pyridine rings is 2. The molecule has 4 aromatic heterocycles. The highest BCUT2D eigenvalue weighted by Crippen LogP contribution is 2.31. The first-order valence-corrected chi connectivity index (χ1v) is 10.6. The molecule has 5 aromatic rings. The zero-order valence-electron chi connectivity index (χ0n) is 14.9. The number of rotatable bonds is 1. The summed E-state index contributed by atoms with van der Waals surface area (Å²) in [7, 11) is 0. The Kier molecular flexibility index (Phi) is 5.21. The van der Waals surface area contributed by atoms with Crippen molar-refractivity contribution in [1.82, 2.24) is 9.97 Å². The van der Waals surface area contributed by atoms with E-state index >= 15 is 0 Å². The summed E-state index contributed by atoms with van der Waals surface area (Å²) in [5.41, 5.74) is 4.89. The number of thiophene rings is 2. The van der Waals surface area contributed by atoms with Crippen LogP contribution < -0.4 is 0 Å². The summed E-state index contributed by atoms with van der Waals surface area (Å²) < 4.78 is 2.35. The van der Waals surface area contributed by atoms with Crippen molar-refractivity contribution in [1.29, 1.82) is 0 Å². The van der Waals surface area contributed by atoms with Gasteiger partial charge in [0.2, 0.25) is 0 Å². The number of hydrogen-bond acceptors (Lipinski definition) is 4. The monoisotopic (exact) mass is 408 g/mol. The van der Waals surface area contributed by atoms with Gasteiger partial charge >= 0.3 is 0 Å². The number of nitrogens with zero attached hydrogens (tertiary/aromatic N) is 2. The molecule has 0 amide bonds. The van der Waals surface area contributed by atoms with Gasteiger partial charge in [0.1, 0.15) is 5.15 Å². The van der Waals surface area contributed by atoms with Gasteiger partial charge in [-0.25, -0.2) is 4.98 Å². The molecule has 134 valence electrons. The molecule has 0 unspecified atom stereocenters. The summed E-state index contributed by atoms with van der Waals surface area (Å²) in [4.78, 5) is 8.50. The normalized spacial score (nSPS) is 10.8. The predicted octanol–water partition coefficient (Wildman–Crippen LogP) is 7.53. The van der Waals surface area contributed by atoms with Crippen molar-refractivity contribution in [3.05, 3.63) is 81.9 Å². The van der Waals surface area contributed by atoms with Crippen molar-refractivity contribution in [2.45, 2.75) is 13.8 Å². The zero-order chi connectivity index (χ0) is 18.8. The van der Waals surface area contributed by atoms with Gasteiger partial charge in [-0.2, -0.15) is 0 Å². The van der Waals surface area contributed by atoms with Crippen molar-refractivity contribution >= 4 is 54.4 Å². The number of hydrogen-bond donors (Lipinski definition) is 0. The minimum Gasteiger partial charge on any atom is -0.255 e. The lowest BCUT2D eigenvalue weighted by Gasteiger charge is -2.05. The topological polar surface area (TPSA) is 25.8 Å². The van der Waals surface area contributed by atoms with E-state index in [0.29, 0.717) is 5.15 Å². The molecule has 0 N–H and O–H groups in total. The third-order valence-corrected chi connectivity index (χ3v) is 6.46. The lowest BCUT2D eigenvalue weighted by molar-refractivity contribution is 1.33. The second kappa shape index (κ2) is 7.77. The molecular weight excluding hydrogens is 392 g/mol. The molecule has 0 aliphatic heterocycles. The van der Waals surface area contributed by atoms with Crippen molar-refractivity contribution in [3.63, 3.8) is 0 Å². The third kappa shape index (κ3) is 3.88. The van der Waals surface area contributed by atoms with Gasteiger partial charge in [0.05, 0.1) is 15.1 Å². The fourth-order valence-corrected chi connectivity index (χ4v) is 5.05. The SMILES string of the molecule is Cc1cc(C)cc(-c2nccc3ccsc23)c1.Clc1nccc2ccsc12. The molecule has 0 saturated carbocycles. The van der Waals surface area contributed by atoms with E-state index in [-0.39, 0.29) is 0 Å². The van der Waals surface area contributed by atoms with Crippen LogP contribution in [0.15, 0.2) is 65.6 Å². The summed E-state index contributed by atoms with van der Waals surface area (Å²) in [5.74, 6) is 0. The molecule has 4 heterocycles. The van der Waals surface area contributed by atoms with Gasteiger partial charge in [0.15, 0.2) is 0 Å². The van der Waals surface area contributed by atoms with E-state index in [0.717, 1.165) is 10.4 Å². The van der Waals surface area contributed by atoms with E-state index in [1.807, 2.05) is 23.7 Å². The molecule has 0 saturated heterocycles. The average Bonchev–Trinajstić information content (AvgIpc) is 3.31. The highest BCUT2D eigenvalue weighted by molar-refractivity contribution is 7.18. The van der Waals surface area contributed by atoms with Gasteiger partial charge in [0.25, 0.3) is 0 Å². The summed E-state index contributed by atoms with van der Waals surface area (Å²) in [6.45, 7) is 4.26. The first kappa shape index (κ1) is 18.1. The van der Waals surface area contributed by atoms with E-state index in [4.69, 9.17) is 11.6 Å². The molecule has 2 nitrogen and oxygen atoms in total. The van der Waals surface area contributed by atoms with Gasteiger partial charge < -0.3 is 0 Å². The van der Waals surface area contributed by atoms with Gasteiger partial charge in [-0.15, -0.1) is 22.7 Å². The molecule has 27 heavy (non-hydrogen) atoms. The van der Waals surface area contributed by atoms with E-state index in [1.54, 1.807) is 28.9 Å². The first-order chi connectivity index (χ1) is 13.1. The van der Waals surface area contributed by atoms with Crippen LogP contribution in [-0.4, -0.2) is 9.97 Å². The smallest absolute Gasteiger partial charge is 0.146 e. The molecule has 0 atom stereocenters. The van der Waals surface area contributed by atoms with Crippen LogP contribution in [0.3, 0.4) is 0 Å². The largest absolute Gasteiger partial charge is 0.255 e. The van der Waals surface area contributed by atoms with Crippen LogP contribution in [0.4, 0.5) is 0 Å². The Morgan fingerprint density at radius 1 is 0.741 bits per heavy atom. The Morgan fingerprint density at radius 3 is 2.00 bits per heavy atom. The lowest BCUT2D eigenvalue weighted by Crippen LogP contribution is -1.86. The van der Waals surface area contributed by atoms with E-state index in [1.165, 1.54) is 32.2 Å². The molecule has 0 fully saturated rings. The fraction of sp³-hybridized carbons (Fsp3) is 0.0909. The molecular formula is C22H17ClN2S2. The van der Waals surface area contributed by atoms with Crippen LogP contribution in [0, 0.1) is 13.8 Å². The van der Waals surface area contributed by atoms with E-state index < -0.39 is 0 Å². The summed E-state index contributed by atoms with van der Waals surface area (Å²) in [5, 5.41) is 7.19. The third-order valence-electron chi connectivity index (χ3n) is 4.19. The maximum Gasteiger partial charge on any atom is 0.146 e. The Morgan fingerprint density at radius 2 is 1.33 bits per heavy atom. The second-order valence-corrected chi connectivity index (χ2v) is 8.51. The lowest BCUT2D eigenvalue weighted by atomic mass is 10.0. The summed E-state index contributed by atoms with van der Waals surface area (Å²) in [6, 6.07) is 14.8. The van der Waals surface area contributed by atoms with Crippen LogP contribution in [0.25, 0.3) is 31.4 Å². The summed E-state index contributed by atoms with van der Waals surface area (Å²) in [6.07, 6.45) is 3.61. The van der Waals surface area contributed by atoms with Crippen LogP contribution in [0.1, 0.15) is 11.1 Å². The molecule has 0 bridgehead atoms. The number of aryl methyl sites for hydroxylation is 2. The molecule has 0 spiro atoms. The van der Waals surface area contributed by atoms with Gasteiger partial charge in [-0.05, 0) is 71.8 Å². The molecule has 0 aliphatic rings. The van der Waals surface area contributed by atoms with Crippen molar-refractivity contribution < 1.29 is 0 Å². The maximum atomic E-state index is 5.80. The van der Waals surface area contributed by atoms with E-state index in [2.05, 4.69) is 59.5 Å². The highest BCUT2D eigenvalue weighted by atomic mass is 35.5. The Labute approximate surface area is 171 Å². The average molecular weight is 409 g/mol. The Balaban J connectivity index is 0.000000153. The van der Waals surface area contributed by atoms with Crippen molar-refractivity contribution in [3.8, 4) is 11.3 Å².